The Morgan fingerprint density at radius 2 is 2.12 bits per heavy atom. The van der Waals surface area contributed by atoms with Gasteiger partial charge in [-0.25, -0.2) is 0 Å². The molecule has 0 aliphatic carbocycles. The lowest BCUT2D eigenvalue weighted by molar-refractivity contribution is 0.195. The van der Waals surface area contributed by atoms with Crippen LogP contribution in [0.1, 0.15) is 36.4 Å². The number of nitrogens with one attached hydrogen (secondary N) is 1. The molecule has 1 aliphatic heterocycles. The van der Waals surface area contributed by atoms with Crippen molar-refractivity contribution in [1.82, 2.24) is 5.32 Å². The summed E-state index contributed by atoms with van der Waals surface area (Å²) in [6.07, 6.45) is 4.81. The average molecular weight is 219 g/mol. The maximum absolute atomic E-state index is 5.06. The van der Waals surface area contributed by atoms with Crippen LogP contribution in [0.2, 0.25) is 0 Å². The first-order chi connectivity index (χ1) is 7.90. The van der Waals surface area contributed by atoms with Gasteiger partial charge in [-0.05, 0) is 43.4 Å². The minimum atomic E-state index is 0.591. The minimum Gasteiger partial charge on any atom is -0.385 e. The second-order valence-electron chi connectivity index (χ2n) is 4.49. The molecule has 1 aliphatic rings. The summed E-state index contributed by atoms with van der Waals surface area (Å²) in [5.41, 5.74) is 2.85. The number of rotatable bonds is 5. The Morgan fingerprint density at radius 3 is 2.75 bits per heavy atom. The van der Waals surface area contributed by atoms with E-state index < -0.39 is 0 Å². The maximum atomic E-state index is 5.06. The van der Waals surface area contributed by atoms with Crippen LogP contribution >= 0.6 is 0 Å². The average Bonchev–Trinajstić information content (AvgIpc) is 2.84. The Bertz CT molecular complexity index is 301. The number of hydrogen-bond donors (Lipinski definition) is 1. The quantitative estimate of drug-likeness (QED) is 0.769. The van der Waals surface area contributed by atoms with Crippen molar-refractivity contribution in [2.24, 2.45) is 0 Å². The third-order valence-corrected chi connectivity index (χ3v) is 3.26. The molecule has 1 aromatic rings. The Kier molecular flexibility index (Phi) is 4.37. The maximum Gasteiger partial charge on any atom is 0.0465 e. The molecule has 0 spiro atoms. The normalized spacial score (nSPS) is 20.2. The molecule has 1 atom stereocenters. The fourth-order valence-corrected chi connectivity index (χ4v) is 2.31. The van der Waals surface area contributed by atoms with Crippen molar-refractivity contribution in [2.75, 3.05) is 20.3 Å². The van der Waals surface area contributed by atoms with E-state index in [1.807, 2.05) is 0 Å². The van der Waals surface area contributed by atoms with E-state index in [4.69, 9.17) is 4.74 Å². The summed E-state index contributed by atoms with van der Waals surface area (Å²) < 4.78 is 5.06. The van der Waals surface area contributed by atoms with Gasteiger partial charge in [-0.3, -0.25) is 0 Å². The lowest BCUT2D eigenvalue weighted by atomic mass is 10.0. The van der Waals surface area contributed by atoms with Crippen LogP contribution in [0.25, 0.3) is 0 Å². The van der Waals surface area contributed by atoms with Gasteiger partial charge in [0.15, 0.2) is 0 Å². The molecule has 1 heterocycles. The monoisotopic (exact) mass is 219 g/mol. The van der Waals surface area contributed by atoms with Crippen molar-refractivity contribution >= 4 is 0 Å². The lowest BCUT2D eigenvalue weighted by Crippen LogP contribution is -2.12. The van der Waals surface area contributed by atoms with Crippen LogP contribution in [0.15, 0.2) is 24.3 Å². The SMILES string of the molecule is COCCCc1ccc(C2CCCN2)cc1. The standard InChI is InChI=1S/C14H21NO/c1-16-11-3-4-12-6-8-13(9-7-12)14-5-2-10-15-14/h6-9,14-15H,2-5,10-11H2,1H3. The van der Waals surface area contributed by atoms with Crippen molar-refractivity contribution in [2.45, 2.75) is 31.7 Å². The summed E-state index contributed by atoms with van der Waals surface area (Å²) in [5.74, 6) is 0. The van der Waals surface area contributed by atoms with Gasteiger partial charge in [0.05, 0.1) is 0 Å². The van der Waals surface area contributed by atoms with E-state index in [2.05, 4.69) is 29.6 Å². The largest absolute Gasteiger partial charge is 0.385 e. The minimum absolute atomic E-state index is 0.591. The van der Waals surface area contributed by atoms with E-state index in [9.17, 15) is 0 Å². The summed E-state index contributed by atoms with van der Waals surface area (Å²) in [4.78, 5) is 0. The van der Waals surface area contributed by atoms with Crippen molar-refractivity contribution < 1.29 is 4.74 Å². The number of methoxy groups -OCH3 is 1. The molecule has 0 saturated carbocycles. The van der Waals surface area contributed by atoms with Gasteiger partial charge in [-0.15, -0.1) is 0 Å². The zero-order valence-corrected chi connectivity index (χ0v) is 10.0. The summed E-state index contributed by atoms with van der Waals surface area (Å²) in [6.45, 7) is 2.02. The number of benzene rings is 1. The summed E-state index contributed by atoms with van der Waals surface area (Å²) in [5, 5.41) is 3.52. The van der Waals surface area contributed by atoms with Gasteiger partial charge in [0, 0.05) is 19.8 Å². The zero-order chi connectivity index (χ0) is 11.2. The van der Waals surface area contributed by atoms with E-state index in [0.717, 1.165) is 19.4 Å². The van der Waals surface area contributed by atoms with E-state index in [-0.39, 0.29) is 0 Å². The van der Waals surface area contributed by atoms with Gasteiger partial charge in [0.25, 0.3) is 0 Å². The predicted molar refractivity (Wildman–Crippen MR) is 66.6 cm³/mol. The molecule has 1 saturated heterocycles. The highest BCUT2D eigenvalue weighted by Gasteiger charge is 2.15. The van der Waals surface area contributed by atoms with E-state index in [1.54, 1.807) is 7.11 Å². The first-order valence-electron chi connectivity index (χ1n) is 6.21. The van der Waals surface area contributed by atoms with Crippen LogP contribution in [-0.4, -0.2) is 20.3 Å². The van der Waals surface area contributed by atoms with Gasteiger partial charge >= 0.3 is 0 Å². The van der Waals surface area contributed by atoms with E-state index >= 15 is 0 Å². The van der Waals surface area contributed by atoms with Crippen molar-refractivity contribution in [3.8, 4) is 0 Å². The van der Waals surface area contributed by atoms with Gasteiger partial charge in [0.1, 0.15) is 0 Å². The second kappa shape index (κ2) is 6.02. The molecule has 88 valence electrons. The number of hydrogen-bond acceptors (Lipinski definition) is 2. The second-order valence-corrected chi connectivity index (χ2v) is 4.49. The molecule has 2 nitrogen and oxygen atoms in total. The van der Waals surface area contributed by atoms with Crippen LogP contribution in [0.3, 0.4) is 0 Å². The van der Waals surface area contributed by atoms with Crippen molar-refractivity contribution in [3.05, 3.63) is 35.4 Å². The van der Waals surface area contributed by atoms with Gasteiger partial charge in [0.2, 0.25) is 0 Å². The molecule has 0 radical (unpaired) electrons. The third-order valence-electron chi connectivity index (χ3n) is 3.26. The molecule has 2 rings (SSSR count). The lowest BCUT2D eigenvalue weighted by Gasteiger charge is -2.11. The molecule has 1 aromatic carbocycles. The number of ether oxygens (including phenoxy) is 1. The van der Waals surface area contributed by atoms with Gasteiger partial charge in [-0.2, -0.15) is 0 Å². The highest BCUT2D eigenvalue weighted by Crippen LogP contribution is 2.23. The Balaban J connectivity index is 1.88. The van der Waals surface area contributed by atoms with Crippen molar-refractivity contribution in [1.29, 1.82) is 0 Å². The van der Waals surface area contributed by atoms with E-state index in [0.29, 0.717) is 6.04 Å². The molecule has 0 aromatic heterocycles. The Morgan fingerprint density at radius 1 is 1.31 bits per heavy atom. The van der Waals surface area contributed by atoms with Crippen LogP contribution in [0.4, 0.5) is 0 Å². The molecule has 1 N–H and O–H groups in total. The summed E-state index contributed by atoms with van der Waals surface area (Å²) >= 11 is 0. The van der Waals surface area contributed by atoms with Gasteiger partial charge < -0.3 is 10.1 Å². The molecule has 1 fully saturated rings. The van der Waals surface area contributed by atoms with Crippen LogP contribution in [0.5, 0.6) is 0 Å². The molecular weight excluding hydrogens is 198 g/mol. The molecule has 16 heavy (non-hydrogen) atoms. The topological polar surface area (TPSA) is 21.3 Å². The third kappa shape index (κ3) is 3.06. The fraction of sp³-hybridized carbons (Fsp3) is 0.571. The first-order valence-corrected chi connectivity index (χ1v) is 6.21. The first kappa shape index (κ1) is 11.6. The fourth-order valence-electron chi connectivity index (χ4n) is 2.31. The number of aryl methyl sites for hydroxylation is 1. The highest BCUT2D eigenvalue weighted by atomic mass is 16.5. The summed E-state index contributed by atoms with van der Waals surface area (Å²) in [6, 6.07) is 9.64. The van der Waals surface area contributed by atoms with Gasteiger partial charge in [-0.1, -0.05) is 24.3 Å². The molecule has 0 amide bonds. The Hall–Kier alpha value is -0.860. The molecular formula is C14H21NO. The van der Waals surface area contributed by atoms with E-state index in [1.165, 1.54) is 30.5 Å². The smallest absolute Gasteiger partial charge is 0.0465 e. The molecule has 2 heteroatoms. The van der Waals surface area contributed by atoms with Crippen LogP contribution < -0.4 is 5.32 Å². The van der Waals surface area contributed by atoms with Crippen LogP contribution in [0, 0.1) is 0 Å². The summed E-state index contributed by atoms with van der Waals surface area (Å²) in [7, 11) is 1.76. The highest BCUT2D eigenvalue weighted by molar-refractivity contribution is 5.25. The Labute approximate surface area is 98.0 Å². The van der Waals surface area contributed by atoms with Crippen molar-refractivity contribution in [3.63, 3.8) is 0 Å². The molecule has 0 bridgehead atoms. The van der Waals surface area contributed by atoms with Crippen LogP contribution in [-0.2, 0) is 11.2 Å². The zero-order valence-electron chi connectivity index (χ0n) is 10.0. The molecule has 1 unspecified atom stereocenters. The predicted octanol–water partition coefficient (Wildman–Crippen LogP) is 2.69.